The lowest BCUT2D eigenvalue weighted by Gasteiger charge is -2.21. The van der Waals surface area contributed by atoms with Gasteiger partial charge in [0.1, 0.15) is 11.6 Å². The second-order valence-corrected chi connectivity index (χ2v) is 5.64. The van der Waals surface area contributed by atoms with Crippen molar-refractivity contribution in [3.8, 4) is 0 Å². The van der Waals surface area contributed by atoms with Crippen molar-refractivity contribution in [2.75, 3.05) is 11.4 Å². The van der Waals surface area contributed by atoms with Crippen LogP contribution in [0.4, 0.5) is 20.2 Å². The summed E-state index contributed by atoms with van der Waals surface area (Å²) < 4.78 is 27.8. The number of anilines is 2. The monoisotopic (exact) mass is 288 g/mol. The van der Waals surface area contributed by atoms with Crippen LogP contribution in [0.1, 0.15) is 18.1 Å². The van der Waals surface area contributed by atoms with E-state index in [9.17, 15) is 8.78 Å². The molecule has 0 fully saturated rings. The van der Waals surface area contributed by atoms with Gasteiger partial charge in [0, 0.05) is 18.3 Å². The Bertz CT molecular complexity index is 668. The van der Waals surface area contributed by atoms with Crippen LogP contribution in [0.15, 0.2) is 36.4 Å². The van der Waals surface area contributed by atoms with Gasteiger partial charge < -0.3 is 10.6 Å². The van der Waals surface area contributed by atoms with Crippen molar-refractivity contribution in [3.05, 3.63) is 59.2 Å². The van der Waals surface area contributed by atoms with Crippen LogP contribution in [-0.2, 0) is 12.8 Å². The molecule has 0 saturated heterocycles. The summed E-state index contributed by atoms with van der Waals surface area (Å²) in [5.41, 5.74) is 8.92. The molecule has 110 valence electrons. The fraction of sp³-hybridized carbons (Fsp3) is 0.294. The quantitative estimate of drug-likeness (QED) is 0.936. The minimum Gasteiger partial charge on any atom is -0.338 e. The third-order valence-corrected chi connectivity index (χ3v) is 3.80. The first-order chi connectivity index (χ1) is 10.0. The Labute approximate surface area is 123 Å². The number of halogens is 2. The summed E-state index contributed by atoms with van der Waals surface area (Å²) in [6.07, 6.45) is 1.44. The van der Waals surface area contributed by atoms with Crippen molar-refractivity contribution in [2.24, 2.45) is 5.73 Å². The second kappa shape index (κ2) is 5.45. The summed E-state index contributed by atoms with van der Waals surface area (Å²) in [7, 11) is 0. The van der Waals surface area contributed by atoms with Crippen molar-refractivity contribution in [2.45, 2.75) is 25.8 Å². The highest BCUT2D eigenvalue weighted by Gasteiger charge is 2.23. The normalized spacial score (nSPS) is 15.1. The van der Waals surface area contributed by atoms with Gasteiger partial charge in [0.2, 0.25) is 0 Å². The molecular formula is C17H18F2N2. The Hall–Kier alpha value is -1.94. The number of rotatable bonds is 3. The maximum absolute atomic E-state index is 14.4. The fourth-order valence-electron chi connectivity index (χ4n) is 2.87. The molecule has 2 nitrogen and oxygen atoms in total. The summed E-state index contributed by atoms with van der Waals surface area (Å²) in [6.45, 7) is 2.56. The molecule has 1 aliphatic rings. The van der Waals surface area contributed by atoms with Crippen LogP contribution >= 0.6 is 0 Å². The molecule has 0 aromatic heterocycles. The van der Waals surface area contributed by atoms with E-state index < -0.39 is 0 Å². The van der Waals surface area contributed by atoms with Gasteiger partial charge in [-0.25, -0.2) is 8.78 Å². The van der Waals surface area contributed by atoms with Crippen molar-refractivity contribution >= 4 is 11.4 Å². The third-order valence-electron chi connectivity index (χ3n) is 3.80. The van der Waals surface area contributed by atoms with E-state index in [0.29, 0.717) is 18.7 Å². The summed E-state index contributed by atoms with van der Waals surface area (Å²) in [5, 5.41) is 0. The van der Waals surface area contributed by atoms with Crippen LogP contribution in [0.3, 0.4) is 0 Å². The Morgan fingerprint density at radius 3 is 2.67 bits per heavy atom. The summed E-state index contributed by atoms with van der Waals surface area (Å²) in [4.78, 5) is 1.84. The zero-order chi connectivity index (χ0) is 15.0. The topological polar surface area (TPSA) is 29.3 Å². The molecule has 2 aromatic rings. The summed E-state index contributed by atoms with van der Waals surface area (Å²) >= 11 is 0. The lowest BCUT2D eigenvalue weighted by atomic mass is 10.1. The van der Waals surface area contributed by atoms with Crippen molar-refractivity contribution in [1.82, 2.24) is 0 Å². The van der Waals surface area contributed by atoms with Gasteiger partial charge in [0.25, 0.3) is 0 Å². The van der Waals surface area contributed by atoms with E-state index in [1.165, 1.54) is 18.2 Å². The Balaban J connectivity index is 1.94. The van der Waals surface area contributed by atoms with Crippen LogP contribution in [0.25, 0.3) is 0 Å². The van der Waals surface area contributed by atoms with Gasteiger partial charge in [-0.2, -0.15) is 0 Å². The number of nitrogens with zero attached hydrogens (tertiary/aromatic N) is 1. The van der Waals surface area contributed by atoms with Crippen molar-refractivity contribution in [1.29, 1.82) is 0 Å². The molecule has 1 aliphatic heterocycles. The van der Waals surface area contributed by atoms with Gasteiger partial charge in [-0.15, -0.1) is 0 Å². The van der Waals surface area contributed by atoms with Crippen molar-refractivity contribution < 1.29 is 8.78 Å². The largest absolute Gasteiger partial charge is 0.338 e. The maximum atomic E-state index is 14.4. The highest BCUT2D eigenvalue weighted by Crippen LogP contribution is 2.36. The van der Waals surface area contributed by atoms with E-state index in [1.807, 2.05) is 17.9 Å². The lowest BCUT2D eigenvalue weighted by Crippen LogP contribution is -2.18. The predicted octanol–water partition coefficient (Wildman–Crippen LogP) is 3.55. The highest BCUT2D eigenvalue weighted by atomic mass is 19.1. The van der Waals surface area contributed by atoms with Crippen LogP contribution in [0, 0.1) is 11.6 Å². The molecule has 21 heavy (non-hydrogen) atoms. The number of fused-ring (bicyclic) bond motifs is 1. The standard InChI is InChI=1S/C17H18F2N2/c1-11(20)8-12-2-5-16(15(19)9-12)21-7-6-13-3-4-14(18)10-17(13)21/h2-5,9-11H,6-8,20H2,1H3. The van der Waals surface area contributed by atoms with Gasteiger partial charge in [0.15, 0.2) is 0 Å². The first-order valence-corrected chi connectivity index (χ1v) is 7.14. The predicted molar refractivity (Wildman–Crippen MR) is 80.9 cm³/mol. The third kappa shape index (κ3) is 2.76. The van der Waals surface area contributed by atoms with Gasteiger partial charge in [-0.05, 0) is 55.2 Å². The number of nitrogens with two attached hydrogens (primary N) is 1. The molecule has 0 bridgehead atoms. The molecule has 3 rings (SSSR count). The second-order valence-electron chi connectivity index (χ2n) is 5.64. The minimum absolute atomic E-state index is 0.00291. The molecule has 4 heteroatoms. The molecule has 2 aromatic carbocycles. The molecule has 1 atom stereocenters. The molecule has 1 unspecified atom stereocenters. The SMILES string of the molecule is CC(N)Cc1ccc(N2CCc3ccc(F)cc32)c(F)c1. The molecule has 0 saturated carbocycles. The average Bonchev–Trinajstić information content (AvgIpc) is 2.81. The zero-order valence-corrected chi connectivity index (χ0v) is 11.9. The van der Waals surface area contributed by atoms with E-state index in [2.05, 4.69) is 0 Å². The van der Waals surface area contributed by atoms with Crippen LogP contribution < -0.4 is 10.6 Å². The van der Waals surface area contributed by atoms with Crippen molar-refractivity contribution in [3.63, 3.8) is 0 Å². The van der Waals surface area contributed by atoms with Gasteiger partial charge in [0.05, 0.1) is 5.69 Å². The summed E-state index contributed by atoms with van der Waals surface area (Å²) in [5.74, 6) is -0.583. The molecule has 1 heterocycles. The Morgan fingerprint density at radius 1 is 1.14 bits per heavy atom. The fourth-order valence-corrected chi connectivity index (χ4v) is 2.87. The van der Waals surface area contributed by atoms with E-state index in [4.69, 9.17) is 5.73 Å². The number of hydrogen-bond donors (Lipinski definition) is 1. The lowest BCUT2D eigenvalue weighted by molar-refractivity contribution is 0.619. The van der Waals surface area contributed by atoms with E-state index in [0.717, 1.165) is 23.2 Å². The summed E-state index contributed by atoms with van der Waals surface area (Å²) in [6, 6.07) is 9.86. The van der Waals surface area contributed by atoms with Gasteiger partial charge >= 0.3 is 0 Å². The van der Waals surface area contributed by atoms with Crippen LogP contribution in [-0.4, -0.2) is 12.6 Å². The Morgan fingerprint density at radius 2 is 1.95 bits per heavy atom. The molecule has 2 N–H and O–H groups in total. The number of hydrogen-bond acceptors (Lipinski definition) is 2. The molecule has 0 amide bonds. The van der Waals surface area contributed by atoms with E-state index in [1.54, 1.807) is 12.1 Å². The number of benzene rings is 2. The molecule has 0 spiro atoms. The van der Waals surface area contributed by atoms with E-state index >= 15 is 0 Å². The minimum atomic E-state index is -0.297. The zero-order valence-electron chi connectivity index (χ0n) is 11.9. The molecule has 0 radical (unpaired) electrons. The van der Waals surface area contributed by atoms with Gasteiger partial charge in [-0.1, -0.05) is 12.1 Å². The maximum Gasteiger partial charge on any atom is 0.147 e. The van der Waals surface area contributed by atoms with Crippen LogP contribution in [0.5, 0.6) is 0 Å². The Kier molecular flexibility index (Phi) is 3.64. The average molecular weight is 288 g/mol. The highest BCUT2D eigenvalue weighted by molar-refractivity contribution is 5.70. The first-order valence-electron chi connectivity index (χ1n) is 7.14. The van der Waals surface area contributed by atoms with E-state index in [-0.39, 0.29) is 17.7 Å². The molecular weight excluding hydrogens is 270 g/mol. The van der Waals surface area contributed by atoms with Crippen LogP contribution in [0.2, 0.25) is 0 Å². The first kappa shape index (κ1) is 14.0. The smallest absolute Gasteiger partial charge is 0.147 e. The van der Waals surface area contributed by atoms with Gasteiger partial charge in [-0.3, -0.25) is 0 Å². The molecule has 0 aliphatic carbocycles.